The fourth-order valence-corrected chi connectivity index (χ4v) is 5.64. The maximum Gasteiger partial charge on any atom is 0.433 e. The van der Waals surface area contributed by atoms with Crippen LogP contribution in [0.15, 0.2) is 18.3 Å². The van der Waals surface area contributed by atoms with Crippen molar-refractivity contribution in [1.29, 1.82) is 0 Å². The molecule has 1 aliphatic rings. The lowest BCUT2D eigenvalue weighted by atomic mass is 9.74. The minimum Gasteiger partial charge on any atom is -0.481 e. The zero-order chi connectivity index (χ0) is 29.3. The predicted octanol–water partition coefficient (Wildman–Crippen LogP) is 7.09. The van der Waals surface area contributed by atoms with Gasteiger partial charge in [0, 0.05) is 6.54 Å². The summed E-state index contributed by atoms with van der Waals surface area (Å²) in [4.78, 5) is 39.4. The number of rotatable bonds is 9. The number of amides is 1. The van der Waals surface area contributed by atoms with Gasteiger partial charge in [-0.15, -0.1) is 0 Å². The molecule has 0 saturated heterocycles. The summed E-state index contributed by atoms with van der Waals surface area (Å²) in [6, 6.07) is 2.38. The molecule has 1 amide bonds. The molecule has 1 heterocycles. The molecule has 12 heteroatoms. The van der Waals surface area contributed by atoms with E-state index >= 15 is 0 Å². The minimum absolute atomic E-state index is 0.00158. The van der Waals surface area contributed by atoms with Crippen molar-refractivity contribution in [1.82, 2.24) is 14.7 Å². The molecule has 0 unspecified atom stereocenters. The SMILES string of the molecule is Cc1cc(Cl)c(C(=O)CN(CCC(C)C)C(=O)c2cnn(C3CCC(C)(C(=O)O)CC3)c2C(F)(F)F)c(Cl)c1. The van der Waals surface area contributed by atoms with E-state index in [2.05, 4.69) is 5.10 Å². The quantitative estimate of drug-likeness (QED) is 0.315. The van der Waals surface area contributed by atoms with Crippen LogP contribution in [0.3, 0.4) is 0 Å². The van der Waals surface area contributed by atoms with Crippen LogP contribution >= 0.6 is 23.2 Å². The van der Waals surface area contributed by atoms with Crippen molar-refractivity contribution in [3.63, 3.8) is 0 Å². The summed E-state index contributed by atoms with van der Waals surface area (Å²) < 4.78 is 43.9. The van der Waals surface area contributed by atoms with Gasteiger partial charge in [0.15, 0.2) is 11.5 Å². The Morgan fingerprint density at radius 3 is 2.23 bits per heavy atom. The molecule has 0 bridgehead atoms. The molecule has 2 aromatic rings. The minimum atomic E-state index is -4.91. The second-order valence-corrected chi connectivity index (χ2v) is 11.7. The van der Waals surface area contributed by atoms with E-state index in [0.29, 0.717) is 6.42 Å². The number of aromatic nitrogens is 2. The normalized spacial score (nSPS) is 19.8. The lowest BCUT2D eigenvalue weighted by Gasteiger charge is -2.34. The fraction of sp³-hybridized carbons (Fsp3) is 0.556. The van der Waals surface area contributed by atoms with E-state index in [1.54, 1.807) is 26.0 Å². The summed E-state index contributed by atoms with van der Waals surface area (Å²) in [7, 11) is 0. The summed E-state index contributed by atoms with van der Waals surface area (Å²) in [5, 5.41) is 13.6. The smallest absolute Gasteiger partial charge is 0.433 e. The van der Waals surface area contributed by atoms with Crippen LogP contribution in [0, 0.1) is 18.3 Å². The molecule has 0 aliphatic heterocycles. The van der Waals surface area contributed by atoms with Gasteiger partial charge in [-0.3, -0.25) is 19.1 Å². The molecule has 1 fully saturated rings. The van der Waals surface area contributed by atoms with Crippen LogP contribution in [0.4, 0.5) is 13.2 Å². The van der Waals surface area contributed by atoms with Gasteiger partial charge in [-0.1, -0.05) is 37.0 Å². The number of carbonyl (C=O) groups excluding carboxylic acids is 2. The first-order valence-corrected chi connectivity index (χ1v) is 13.5. The van der Waals surface area contributed by atoms with E-state index in [9.17, 15) is 32.7 Å². The average molecular weight is 590 g/mol. The highest BCUT2D eigenvalue weighted by atomic mass is 35.5. The number of nitrogens with zero attached hydrogens (tertiary/aromatic N) is 3. The molecule has 1 aliphatic carbocycles. The number of carbonyl (C=O) groups is 3. The lowest BCUT2D eigenvalue weighted by Crippen LogP contribution is -2.38. The average Bonchev–Trinajstić information content (AvgIpc) is 3.27. The highest BCUT2D eigenvalue weighted by Crippen LogP contribution is 2.43. The number of benzene rings is 1. The first-order valence-electron chi connectivity index (χ1n) is 12.7. The third-order valence-corrected chi connectivity index (χ3v) is 7.87. The maximum atomic E-state index is 14.4. The number of aliphatic carboxylic acids is 1. The Kier molecular flexibility index (Phi) is 9.43. The first-order chi connectivity index (χ1) is 18.0. The van der Waals surface area contributed by atoms with E-state index in [-0.39, 0.29) is 53.8 Å². The molecular formula is C27H32Cl2F3N3O4. The number of ketones is 1. The van der Waals surface area contributed by atoms with Gasteiger partial charge < -0.3 is 10.0 Å². The van der Waals surface area contributed by atoms with Crippen molar-refractivity contribution in [3.8, 4) is 0 Å². The van der Waals surface area contributed by atoms with Crippen molar-refractivity contribution in [3.05, 3.63) is 50.8 Å². The van der Waals surface area contributed by atoms with Crippen molar-refractivity contribution in [2.24, 2.45) is 11.3 Å². The van der Waals surface area contributed by atoms with E-state index in [0.717, 1.165) is 21.3 Å². The Morgan fingerprint density at radius 2 is 1.74 bits per heavy atom. The second-order valence-electron chi connectivity index (χ2n) is 10.9. The van der Waals surface area contributed by atoms with E-state index in [4.69, 9.17) is 23.2 Å². The van der Waals surface area contributed by atoms with Crippen LogP contribution in [0.5, 0.6) is 0 Å². The Bertz CT molecular complexity index is 1230. The van der Waals surface area contributed by atoms with E-state index in [1.807, 2.05) is 13.8 Å². The van der Waals surface area contributed by atoms with Gasteiger partial charge in [-0.2, -0.15) is 18.3 Å². The number of carboxylic acid groups (broad SMARTS) is 1. The molecule has 3 rings (SSSR count). The van der Waals surface area contributed by atoms with Crippen molar-refractivity contribution in [2.75, 3.05) is 13.1 Å². The summed E-state index contributed by atoms with van der Waals surface area (Å²) in [5.41, 5.74) is -2.16. The van der Waals surface area contributed by atoms with Crippen LogP contribution in [-0.2, 0) is 11.0 Å². The van der Waals surface area contributed by atoms with Crippen molar-refractivity contribution < 1.29 is 32.7 Å². The molecule has 1 aromatic heterocycles. The van der Waals surface area contributed by atoms with Gasteiger partial charge in [0.05, 0.1) is 45.4 Å². The topological polar surface area (TPSA) is 92.5 Å². The standard InChI is InChI=1S/C27H32Cl2F3N3O4/c1-15(2)7-10-34(14-21(36)22-19(28)11-16(3)12-20(22)29)24(37)18-13-33-35(23(18)27(30,31)32)17-5-8-26(4,9-6-17)25(38)39/h11-13,15,17H,5-10,14H2,1-4H3,(H,38,39). The molecule has 214 valence electrons. The summed E-state index contributed by atoms with van der Waals surface area (Å²) in [6.45, 7) is 6.62. The van der Waals surface area contributed by atoms with Crippen LogP contribution < -0.4 is 0 Å². The molecule has 1 saturated carbocycles. The van der Waals surface area contributed by atoms with Gasteiger partial charge >= 0.3 is 12.1 Å². The molecule has 0 atom stereocenters. The number of carboxylic acids is 1. The van der Waals surface area contributed by atoms with E-state index < -0.39 is 53.1 Å². The van der Waals surface area contributed by atoms with E-state index in [1.165, 1.54) is 0 Å². The van der Waals surface area contributed by atoms with Crippen LogP contribution in [0.1, 0.15) is 90.9 Å². The monoisotopic (exact) mass is 589 g/mol. The zero-order valence-corrected chi connectivity index (χ0v) is 23.8. The molecule has 39 heavy (non-hydrogen) atoms. The van der Waals surface area contributed by atoms with Gasteiger partial charge in [-0.05, 0) is 69.6 Å². The Morgan fingerprint density at radius 1 is 1.18 bits per heavy atom. The van der Waals surface area contributed by atoms with Crippen molar-refractivity contribution in [2.45, 2.75) is 72.0 Å². The number of alkyl halides is 3. The van der Waals surface area contributed by atoms with Gasteiger partial charge in [0.25, 0.3) is 5.91 Å². The first kappa shape index (κ1) is 30.9. The van der Waals surface area contributed by atoms with Crippen molar-refractivity contribution >= 4 is 40.9 Å². The number of hydrogen-bond acceptors (Lipinski definition) is 4. The number of Topliss-reactive ketones (excluding diaryl/α,β-unsaturated/α-hetero) is 1. The molecular weight excluding hydrogens is 558 g/mol. The predicted molar refractivity (Wildman–Crippen MR) is 141 cm³/mol. The third-order valence-electron chi connectivity index (χ3n) is 7.28. The molecule has 1 N–H and O–H groups in total. The molecule has 1 aromatic carbocycles. The Balaban J connectivity index is 1.96. The highest BCUT2D eigenvalue weighted by Gasteiger charge is 2.45. The van der Waals surface area contributed by atoms with Crippen LogP contribution in [0.25, 0.3) is 0 Å². The molecule has 0 radical (unpaired) electrons. The fourth-order valence-electron chi connectivity index (χ4n) is 4.83. The highest BCUT2D eigenvalue weighted by molar-refractivity contribution is 6.40. The number of aryl methyl sites for hydroxylation is 1. The largest absolute Gasteiger partial charge is 0.481 e. The summed E-state index contributed by atoms with van der Waals surface area (Å²) in [6.07, 6.45) is -2.88. The second kappa shape index (κ2) is 11.9. The van der Waals surface area contributed by atoms with Crippen LogP contribution in [-0.4, -0.2) is 50.5 Å². The Hall–Kier alpha value is -2.59. The lowest BCUT2D eigenvalue weighted by molar-refractivity contribution is -0.152. The molecule has 0 spiro atoms. The number of hydrogen-bond donors (Lipinski definition) is 1. The molecule has 7 nitrogen and oxygen atoms in total. The Labute approximate surface area is 235 Å². The summed E-state index contributed by atoms with van der Waals surface area (Å²) >= 11 is 12.5. The maximum absolute atomic E-state index is 14.4. The van der Waals surface area contributed by atoms with Crippen LogP contribution in [0.2, 0.25) is 10.0 Å². The van der Waals surface area contributed by atoms with Gasteiger partial charge in [0.2, 0.25) is 0 Å². The number of halogens is 5. The zero-order valence-electron chi connectivity index (χ0n) is 22.2. The third kappa shape index (κ3) is 6.95. The van der Waals surface area contributed by atoms with Gasteiger partial charge in [0.1, 0.15) is 0 Å². The van der Waals surface area contributed by atoms with Gasteiger partial charge in [-0.25, -0.2) is 0 Å². The summed E-state index contributed by atoms with van der Waals surface area (Å²) in [5.74, 6) is -2.46.